The molecule has 0 radical (unpaired) electrons. The molecule has 7 heavy (non-hydrogen) atoms. The fourth-order valence-corrected chi connectivity index (χ4v) is 0.344. The molecule has 0 aromatic carbocycles. The van der Waals surface area contributed by atoms with Gasteiger partial charge in [-0.25, -0.2) is 0 Å². The van der Waals surface area contributed by atoms with Gasteiger partial charge in [0.1, 0.15) is 5.82 Å². The number of H-pyrrole nitrogens is 1. The molecule has 0 saturated heterocycles. The fourth-order valence-electron chi connectivity index (χ4n) is 0.344. The number of anilines is 1. The van der Waals surface area contributed by atoms with Gasteiger partial charge in [-0.3, -0.25) is 0 Å². The van der Waals surface area contributed by atoms with Crippen LogP contribution in [0.4, 0.5) is 5.82 Å². The maximum Gasteiger partial charge on any atom is 0.100 e. The predicted molar refractivity (Wildman–Crippen MR) is 25.2 cm³/mol. The number of hydrogen-bond donors (Lipinski definition) is 2. The third-order valence-corrected chi connectivity index (χ3v) is 0.622. The van der Waals surface area contributed by atoms with Crippen LogP contribution in [0, 0.1) is 0 Å². The van der Waals surface area contributed by atoms with E-state index in [1.165, 1.54) is 0 Å². The molecule has 1 rings (SSSR count). The van der Waals surface area contributed by atoms with Gasteiger partial charge >= 0.3 is 0 Å². The van der Waals surface area contributed by atoms with E-state index >= 15 is 0 Å². The maximum atomic E-state index is 5.22. The Morgan fingerprint density at radius 1 is 1.57 bits per heavy atom. The average molecular weight is 147 g/mol. The number of aromatic amines is 1. The Kier molecular flexibility index (Phi) is 2.69. The van der Waals surface area contributed by atoms with E-state index in [1.807, 2.05) is 6.07 Å². The van der Waals surface area contributed by atoms with Crippen molar-refractivity contribution in [3.63, 3.8) is 0 Å². The van der Waals surface area contributed by atoms with Crippen molar-refractivity contribution >= 4 is 5.82 Å². The number of hydrogen-bond acceptors (Lipinski definition) is 1. The summed E-state index contributed by atoms with van der Waals surface area (Å²) < 4.78 is 0. The average Bonchev–Trinajstić information content (AvgIpc) is 1.86. The van der Waals surface area contributed by atoms with Crippen LogP contribution < -0.4 is 5.73 Å². The Labute approximate surface area is 54.9 Å². The van der Waals surface area contributed by atoms with Gasteiger partial charge in [0, 0.05) is 25.7 Å². The van der Waals surface area contributed by atoms with Gasteiger partial charge in [-0.05, 0) is 12.1 Å². The molecule has 1 heterocycles. The summed E-state index contributed by atoms with van der Waals surface area (Å²) in [5.74, 6) is 0.718. The van der Waals surface area contributed by atoms with Crippen molar-refractivity contribution in [1.29, 1.82) is 0 Å². The molecule has 1 aromatic heterocycles. The molecule has 0 aliphatic carbocycles. The standard InChI is InChI=1S/C4H6N2.Zn/c5-4-2-1-3-6-4;/h1-3,6H,5H2;. The third kappa shape index (κ3) is 1.74. The second kappa shape index (κ2) is 2.81. The van der Waals surface area contributed by atoms with Crippen molar-refractivity contribution in [1.82, 2.24) is 4.98 Å². The largest absolute Gasteiger partial charge is 0.385 e. The summed E-state index contributed by atoms with van der Waals surface area (Å²) in [6.45, 7) is 0. The fraction of sp³-hybridized carbons (Fsp3) is 0. The van der Waals surface area contributed by atoms with Gasteiger partial charge in [0.25, 0.3) is 0 Å². The van der Waals surface area contributed by atoms with Gasteiger partial charge in [-0.1, -0.05) is 0 Å². The van der Waals surface area contributed by atoms with E-state index in [9.17, 15) is 0 Å². The zero-order valence-electron chi connectivity index (χ0n) is 4.02. The molecule has 0 spiro atoms. The SMILES string of the molecule is Nc1ccc[nH]1.[Zn]. The molecule has 0 fully saturated rings. The summed E-state index contributed by atoms with van der Waals surface area (Å²) in [5, 5.41) is 0. The van der Waals surface area contributed by atoms with Crippen molar-refractivity contribution in [3.8, 4) is 0 Å². The summed E-state index contributed by atoms with van der Waals surface area (Å²) in [4.78, 5) is 2.78. The topological polar surface area (TPSA) is 41.8 Å². The van der Waals surface area contributed by atoms with Gasteiger partial charge in [0.05, 0.1) is 0 Å². The number of aromatic nitrogens is 1. The Hall–Kier alpha value is -0.297. The maximum absolute atomic E-state index is 5.22. The molecular weight excluding hydrogens is 141 g/mol. The van der Waals surface area contributed by atoms with Crippen molar-refractivity contribution in [2.75, 3.05) is 5.73 Å². The molecule has 0 atom stereocenters. The molecule has 34 valence electrons. The first kappa shape index (κ1) is 6.70. The van der Waals surface area contributed by atoms with Crippen molar-refractivity contribution < 1.29 is 19.5 Å². The molecule has 0 unspecified atom stereocenters. The normalized spacial score (nSPS) is 7.43. The van der Waals surface area contributed by atoms with E-state index < -0.39 is 0 Å². The smallest absolute Gasteiger partial charge is 0.100 e. The van der Waals surface area contributed by atoms with Gasteiger partial charge < -0.3 is 10.7 Å². The van der Waals surface area contributed by atoms with Crippen molar-refractivity contribution in [2.45, 2.75) is 0 Å². The van der Waals surface area contributed by atoms with Crippen LogP contribution in [-0.2, 0) is 19.5 Å². The van der Waals surface area contributed by atoms with Crippen LogP contribution in [0.2, 0.25) is 0 Å². The van der Waals surface area contributed by atoms with E-state index in [0.29, 0.717) is 0 Å². The van der Waals surface area contributed by atoms with E-state index in [4.69, 9.17) is 5.73 Å². The van der Waals surface area contributed by atoms with Crippen LogP contribution in [0.25, 0.3) is 0 Å². The van der Waals surface area contributed by atoms with E-state index in [-0.39, 0.29) is 19.5 Å². The zero-order valence-corrected chi connectivity index (χ0v) is 6.98. The van der Waals surface area contributed by atoms with Crippen LogP contribution in [0.3, 0.4) is 0 Å². The molecule has 0 aliphatic rings. The third-order valence-electron chi connectivity index (χ3n) is 0.622. The van der Waals surface area contributed by atoms with Gasteiger partial charge in [-0.2, -0.15) is 0 Å². The first-order chi connectivity index (χ1) is 2.89. The zero-order chi connectivity index (χ0) is 4.41. The molecule has 1 aromatic rings. The molecular formula is C4H6N2Zn. The van der Waals surface area contributed by atoms with Crippen LogP contribution >= 0.6 is 0 Å². The molecule has 0 bridgehead atoms. The minimum absolute atomic E-state index is 0. The number of nitrogens with one attached hydrogen (secondary N) is 1. The molecule has 0 saturated carbocycles. The second-order valence-corrected chi connectivity index (χ2v) is 1.13. The van der Waals surface area contributed by atoms with Gasteiger partial charge in [-0.15, -0.1) is 0 Å². The number of rotatable bonds is 0. The summed E-state index contributed by atoms with van der Waals surface area (Å²) >= 11 is 0. The van der Waals surface area contributed by atoms with Crippen LogP contribution in [0.5, 0.6) is 0 Å². The van der Waals surface area contributed by atoms with Crippen LogP contribution in [0.15, 0.2) is 18.3 Å². The van der Waals surface area contributed by atoms with E-state index in [2.05, 4.69) is 4.98 Å². The Morgan fingerprint density at radius 3 is 2.43 bits per heavy atom. The number of nitrogen functional groups attached to an aromatic ring is 1. The molecule has 0 aliphatic heterocycles. The summed E-state index contributed by atoms with van der Waals surface area (Å²) in [6, 6.07) is 3.66. The van der Waals surface area contributed by atoms with Crippen molar-refractivity contribution in [3.05, 3.63) is 18.3 Å². The van der Waals surface area contributed by atoms with Crippen LogP contribution in [0.1, 0.15) is 0 Å². The Bertz CT molecular complexity index is 113. The summed E-state index contributed by atoms with van der Waals surface area (Å²) in [5.41, 5.74) is 5.22. The molecule has 3 N–H and O–H groups in total. The Morgan fingerprint density at radius 2 is 2.29 bits per heavy atom. The quantitative estimate of drug-likeness (QED) is 0.519. The summed E-state index contributed by atoms with van der Waals surface area (Å²) in [7, 11) is 0. The van der Waals surface area contributed by atoms with E-state index in [1.54, 1.807) is 12.3 Å². The van der Waals surface area contributed by atoms with Crippen LogP contribution in [-0.4, -0.2) is 4.98 Å². The molecule has 0 amide bonds. The number of nitrogens with two attached hydrogens (primary N) is 1. The monoisotopic (exact) mass is 146 g/mol. The van der Waals surface area contributed by atoms with Crippen molar-refractivity contribution in [2.24, 2.45) is 0 Å². The van der Waals surface area contributed by atoms with Gasteiger partial charge in [0.15, 0.2) is 0 Å². The van der Waals surface area contributed by atoms with E-state index in [0.717, 1.165) is 5.82 Å². The first-order valence-corrected chi connectivity index (χ1v) is 1.78. The molecule has 3 heteroatoms. The van der Waals surface area contributed by atoms with Gasteiger partial charge in [0.2, 0.25) is 0 Å². The first-order valence-electron chi connectivity index (χ1n) is 1.78. The minimum atomic E-state index is 0. The second-order valence-electron chi connectivity index (χ2n) is 1.13. The predicted octanol–water partition coefficient (Wildman–Crippen LogP) is 0.594. The molecule has 2 nitrogen and oxygen atoms in total. The minimum Gasteiger partial charge on any atom is -0.385 e. The Balaban J connectivity index is 0.000000360. The summed E-state index contributed by atoms with van der Waals surface area (Å²) in [6.07, 6.45) is 1.79.